The van der Waals surface area contributed by atoms with Gasteiger partial charge < -0.3 is 25.2 Å². The van der Waals surface area contributed by atoms with Crippen LogP contribution in [0.25, 0.3) is 0 Å². The summed E-state index contributed by atoms with van der Waals surface area (Å²) >= 11 is 0. The highest BCUT2D eigenvalue weighted by Crippen LogP contribution is 2.44. The molecule has 3 aliphatic carbocycles. The largest absolute Gasteiger partial charge is 0.501 e. The quantitative estimate of drug-likeness (QED) is 0.538. The van der Waals surface area contributed by atoms with E-state index in [0.29, 0.717) is 29.0 Å². The fraction of sp³-hybridized carbons (Fsp3) is 0.400. The summed E-state index contributed by atoms with van der Waals surface area (Å²) in [4.78, 5) is 12.8. The molecule has 0 radical (unpaired) electrons. The van der Waals surface area contributed by atoms with E-state index in [-0.39, 0.29) is 24.3 Å². The number of ketones is 1. The van der Waals surface area contributed by atoms with Crippen LogP contribution in [0.5, 0.6) is 0 Å². The summed E-state index contributed by atoms with van der Waals surface area (Å²) in [5.74, 6) is 1.54. The number of allylic oxidation sites excluding steroid dienone is 5. The minimum atomic E-state index is -0.953. The average Bonchev–Trinajstić information content (AvgIpc) is 2.82. The molecule has 0 amide bonds. The van der Waals surface area contributed by atoms with Crippen LogP contribution in [0.1, 0.15) is 23.5 Å². The van der Waals surface area contributed by atoms with Crippen molar-refractivity contribution in [1.82, 2.24) is 16.0 Å². The molecule has 0 spiro atoms. The number of aliphatic hydroxyl groups excluding tert-OH is 1. The predicted molar refractivity (Wildman–Crippen MR) is 120 cm³/mol. The van der Waals surface area contributed by atoms with Crippen LogP contribution in [0.3, 0.4) is 0 Å². The molecule has 1 aliphatic heterocycles. The molecule has 168 valence electrons. The van der Waals surface area contributed by atoms with Crippen LogP contribution >= 0.6 is 0 Å². The molecule has 7 nitrogen and oxygen atoms in total. The summed E-state index contributed by atoms with van der Waals surface area (Å²) in [6.07, 6.45) is 9.77. The first-order valence-electron chi connectivity index (χ1n) is 11.0. The van der Waals surface area contributed by atoms with E-state index in [1.807, 2.05) is 0 Å². The molecule has 4 N–H and O–H groups in total. The number of carbonyl (C=O) groups is 1. The van der Waals surface area contributed by atoms with E-state index >= 15 is 0 Å². The molecule has 7 heteroatoms. The molecule has 1 saturated heterocycles. The molecule has 1 aromatic carbocycles. The highest BCUT2D eigenvalue weighted by Gasteiger charge is 2.42. The zero-order valence-electron chi connectivity index (χ0n) is 18.2. The Hall–Kier alpha value is -2.87. The van der Waals surface area contributed by atoms with Gasteiger partial charge in [-0.05, 0) is 23.5 Å². The Morgan fingerprint density at radius 1 is 1.06 bits per heavy atom. The normalized spacial score (nSPS) is 35.8. The molecule has 6 unspecified atom stereocenters. The Labute approximate surface area is 187 Å². The molecule has 0 bridgehead atoms. The standard InChI is InChI=1S/C25H29N3O4/c1-31-15-12-20(29)22(21(30)13-15)24-26-23(27-25(28-24)32-2)19-11-14-7-3-4-8-16(14)17-9-5-6-10-18(17)19/h3-10,12,17-19,21,23,25-28,30H,11,13H2,1-2H3. The Kier molecular flexibility index (Phi) is 5.63. The topological polar surface area (TPSA) is 91.9 Å². The number of aliphatic hydroxyl groups is 1. The van der Waals surface area contributed by atoms with Crippen LogP contribution in [0.4, 0.5) is 0 Å². The van der Waals surface area contributed by atoms with Crippen molar-refractivity contribution in [2.24, 2.45) is 11.8 Å². The molecular formula is C25H29N3O4. The number of carbonyl (C=O) groups excluding carboxylic acids is 1. The summed E-state index contributed by atoms with van der Waals surface area (Å²) in [7, 11) is 3.12. The summed E-state index contributed by atoms with van der Waals surface area (Å²) < 4.78 is 10.8. The number of nitrogens with one attached hydrogen (secondary N) is 3. The van der Waals surface area contributed by atoms with Gasteiger partial charge in [-0.25, -0.2) is 0 Å². The molecule has 5 rings (SSSR count). The SMILES string of the molecule is COC1=CC(=O)C(=C2NC(OC)NC(C3Cc4ccccc4C4C=CC=CC43)N2)C(O)C1. The Morgan fingerprint density at radius 2 is 1.88 bits per heavy atom. The second kappa shape index (κ2) is 8.58. The van der Waals surface area contributed by atoms with Gasteiger partial charge in [-0.1, -0.05) is 48.6 Å². The van der Waals surface area contributed by atoms with E-state index < -0.39 is 12.5 Å². The third-order valence-corrected chi connectivity index (χ3v) is 6.93. The minimum absolute atomic E-state index is 0.159. The summed E-state index contributed by atoms with van der Waals surface area (Å²) in [6.45, 7) is 0. The lowest BCUT2D eigenvalue weighted by Crippen LogP contribution is -2.66. The zero-order valence-corrected chi connectivity index (χ0v) is 18.2. The Morgan fingerprint density at radius 3 is 2.66 bits per heavy atom. The van der Waals surface area contributed by atoms with Crippen molar-refractivity contribution in [2.45, 2.75) is 37.4 Å². The van der Waals surface area contributed by atoms with E-state index in [0.717, 1.165) is 6.42 Å². The Bertz CT molecular complexity index is 1030. The monoisotopic (exact) mass is 435 g/mol. The first-order valence-corrected chi connectivity index (χ1v) is 11.0. The molecule has 1 heterocycles. The van der Waals surface area contributed by atoms with Crippen LogP contribution in [0.15, 0.2) is 71.8 Å². The van der Waals surface area contributed by atoms with Gasteiger partial charge in [-0.15, -0.1) is 0 Å². The lowest BCUT2D eigenvalue weighted by Gasteiger charge is -2.46. The van der Waals surface area contributed by atoms with Crippen molar-refractivity contribution >= 4 is 5.78 Å². The second-order valence-electron chi connectivity index (χ2n) is 8.68. The fourth-order valence-corrected chi connectivity index (χ4v) is 5.38. The van der Waals surface area contributed by atoms with E-state index in [2.05, 4.69) is 64.5 Å². The number of hydrogen-bond acceptors (Lipinski definition) is 7. The van der Waals surface area contributed by atoms with Gasteiger partial charge in [-0.2, -0.15) is 0 Å². The zero-order chi connectivity index (χ0) is 22.2. The number of hydrogen-bond donors (Lipinski definition) is 4. The molecular weight excluding hydrogens is 406 g/mol. The third-order valence-electron chi connectivity index (χ3n) is 6.93. The van der Waals surface area contributed by atoms with Gasteiger partial charge in [0.2, 0.25) is 0 Å². The van der Waals surface area contributed by atoms with Crippen molar-refractivity contribution < 1.29 is 19.4 Å². The van der Waals surface area contributed by atoms with Crippen LogP contribution < -0.4 is 16.0 Å². The van der Waals surface area contributed by atoms with Gasteiger partial charge >= 0.3 is 0 Å². The lowest BCUT2D eigenvalue weighted by molar-refractivity contribution is -0.113. The van der Waals surface area contributed by atoms with Gasteiger partial charge in [-0.3, -0.25) is 10.1 Å². The summed E-state index contributed by atoms with van der Waals surface area (Å²) in [5.41, 5.74) is 3.02. The van der Waals surface area contributed by atoms with Crippen molar-refractivity contribution in [1.29, 1.82) is 0 Å². The molecule has 1 aromatic rings. The maximum atomic E-state index is 12.8. The van der Waals surface area contributed by atoms with Gasteiger partial charge in [0, 0.05) is 31.4 Å². The first-order chi connectivity index (χ1) is 15.6. The van der Waals surface area contributed by atoms with Gasteiger partial charge in [0.15, 0.2) is 12.1 Å². The van der Waals surface area contributed by atoms with Gasteiger partial charge in [0.05, 0.1) is 25.0 Å². The molecule has 0 aromatic heterocycles. The average molecular weight is 436 g/mol. The van der Waals surface area contributed by atoms with Crippen molar-refractivity contribution in [2.75, 3.05) is 14.2 Å². The van der Waals surface area contributed by atoms with Crippen molar-refractivity contribution in [3.8, 4) is 0 Å². The maximum absolute atomic E-state index is 12.8. The number of ether oxygens (including phenoxy) is 2. The smallest absolute Gasteiger partial charge is 0.191 e. The maximum Gasteiger partial charge on any atom is 0.191 e. The predicted octanol–water partition coefficient (Wildman–Crippen LogP) is 1.80. The van der Waals surface area contributed by atoms with Gasteiger partial charge in [0.25, 0.3) is 0 Å². The highest BCUT2D eigenvalue weighted by molar-refractivity contribution is 6.06. The van der Waals surface area contributed by atoms with Crippen molar-refractivity contribution in [3.63, 3.8) is 0 Å². The molecule has 6 atom stereocenters. The molecule has 32 heavy (non-hydrogen) atoms. The number of rotatable bonds is 3. The molecule has 0 saturated carbocycles. The minimum Gasteiger partial charge on any atom is -0.501 e. The fourth-order valence-electron chi connectivity index (χ4n) is 5.38. The van der Waals surface area contributed by atoms with Gasteiger partial charge in [0.1, 0.15) is 11.6 Å². The number of methoxy groups -OCH3 is 2. The second-order valence-corrected chi connectivity index (χ2v) is 8.68. The molecule has 4 aliphatic rings. The Balaban J connectivity index is 1.50. The van der Waals surface area contributed by atoms with E-state index in [4.69, 9.17) is 9.47 Å². The van der Waals surface area contributed by atoms with Crippen LogP contribution in [-0.2, 0) is 20.7 Å². The van der Waals surface area contributed by atoms with E-state index in [1.54, 1.807) is 7.11 Å². The summed E-state index contributed by atoms with van der Waals surface area (Å²) in [6, 6.07) is 8.61. The number of benzene rings is 1. The van der Waals surface area contributed by atoms with Crippen LogP contribution in [0.2, 0.25) is 0 Å². The number of fused-ring (bicyclic) bond motifs is 3. The van der Waals surface area contributed by atoms with Crippen LogP contribution in [-0.4, -0.2) is 43.7 Å². The summed E-state index contributed by atoms with van der Waals surface area (Å²) in [5, 5.41) is 20.9. The third kappa shape index (κ3) is 3.66. The van der Waals surface area contributed by atoms with Crippen molar-refractivity contribution in [3.05, 3.63) is 82.9 Å². The van der Waals surface area contributed by atoms with E-state index in [9.17, 15) is 9.90 Å². The van der Waals surface area contributed by atoms with E-state index in [1.165, 1.54) is 24.3 Å². The first kappa shape index (κ1) is 21.0. The highest BCUT2D eigenvalue weighted by atomic mass is 16.5. The molecule has 1 fully saturated rings. The lowest BCUT2D eigenvalue weighted by atomic mass is 9.66. The van der Waals surface area contributed by atoms with Crippen LogP contribution in [0, 0.1) is 11.8 Å².